The summed E-state index contributed by atoms with van der Waals surface area (Å²) in [6.45, 7) is 4.62. The maximum Gasteiger partial charge on any atom is 0.240 e. The van der Waals surface area contributed by atoms with Crippen LogP contribution >= 0.6 is 0 Å². The lowest BCUT2D eigenvalue weighted by Gasteiger charge is -2.17. The summed E-state index contributed by atoms with van der Waals surface area (Å²) in [6, 6.07) is 0. The van der Waals surface area contributed by atoms with E-state index in [9.17, 15) is 0 Å². The Bertz CT molecular complexity index is 472. The van der Waals surface area contributed by atoms with Gasteiger partial charge in [0.15, 0.2) is 12.4 Å². The smallest absolute Gasteiger partial charge is 0.0968 e. The lowest BCUT2D eigenvalue weighted by Crippen LogP contribution is -2.02. The van der Waals surface area contributed by atoms with Crippen molar-refractivity contribution in [3.63, 3.8) is 0 Å². The Balaban J connectivity index is 2.00. The lowest BCUT2D eigenvalue weighted by molar-refractivity contribution is 0.367. The molecule has 0 radical (unpaired) electrons. The third-order valence-electron chi connectivity index (χ3n) is 8.21. The molecule has 2 heteroatoms. The minimum atomic E-state index is 0.961. The average Bonchev–Trinajstić information content (AvgIpc) is 3.41. The Morgan fingerprint density at radius 2 is 0.722 bits per heavy atom. The van der Waals surface area contributed by atoms with Gasteiger partial charge in [-0.3, -0.25) is 0 Å². The molecule has 0 bridgehead atoms. The molecular weight excluding hydrogens is 436 g/mol. The molecule has 0 aromatic carbocycles. The number of unbranched alkanes of at least 4 members (excludes halogenated alkanes) is 21. The van der Waals surface area contributed by atoms with Crippen LogP contribution in [0.15, 0.2) is 9.98 Å². The topological polar surface area (TPSA) is 24.7 Å². The third kappa shape index (κ3) is 22.4. The van der Waals surface area contributed by atoms with E-state index in [1.807, 2.05) is 12.4 Å². The first kappa shape index (κ1) is 33.2. The molecule has 36 heavy (non-hydrogen) atoms. The van der Waals surface area contributed by atoms with Crippen molar-refractivity contribution >= 4 is 12.4 Å². The highest BCUT2D eigenvalue weighted by atomic mass is 15.0. The summed E-state index contributed by atoms with van der Waals surface area (Å²) in [5.41, 5.74) is 0. The first-order valence-corrected chi connectivity index (χ1v) is 16.8. The molecule has 0 aliphatic carbocycles. The summed E-state index contributed by atoms with van der Waals surface area (Å²) in [7, 11) is 0. The van der Waals surface area contributed by atoms with E-state index < -0.39 is 0 Å². The molecule has 0 aromatic rings. The Morgan fingerprint density at radius 3 is 1.08 bits per heavy atom. The van der Waals surface area contributed by atoms with Crippen LogP contribution in [0, 0.1) is 12.1 Å². The van der Waals surface area contributed by atoms with Gasteiger partial charge in [-0.05, 0) is 12.3 Å². The number of nitrogens with zero attached hydrogens (tertiary/aromatic N) is 2. The van der Waals surface area contributed by atoms with Crippen molar-refractivity contribution in [2.45, 2.75) is 194 Å². The highest BCUT2D eigenvalue weighted by molar-refractivity contribution is 6.18. The highest BCUT2D eigenvalue weighted by Crippen LogP contribution is 2.26. The largest absolute Gasteiger partial charge is 0.240 e. The molecule has 2 nitrogen and oxygen atoms in total. The fourth-order valence-corrected chi connectivity index (χ4v) is 5.74. The molecule has 0 saturated carbocycles. The van der Waals surface area contributed by atoms with Crippen LogP contribution in [0.4, 0.5) is 0 Å². The summed E-state index contributed by atoms with van der Waals surface area (Å²) in [4.78, 5) is 8.67. The highest BCUT2D eigenvalue weighted by Gasteiger charge is 2.15. The van der Waals surface area contributed by atoms with Crippen LogP contribution < -0.4 is 0 Å². The van der Waals surface area contributed by atoms with Crippen molar-refractivity contribution in [2.75, 3.05) is 0 Å². The zero-order chi connectivity index (χ0) is 25.8. The van der Waals surface area contributed by atoms with Gasteiger partial charge < -0.3 is 0 Å². The molecule has 1 rings (SSSR count). The predicted octanol–water partition coefficient (Wildman–Crippen LogP) is 12.2. The second-order valence-electron chi connectivity index (χ2n) is 11.7. The minimum Gasteiger partial charge on any atom is -0.0968 e. The molecule has 1 aliphatic rings. The maximum absolute atomic E-state index is 4.34. The molecule has 0 N–H and O–H groups in total. The predicted molar refractivity (Wildman–Crippen MR) is 164 cm³/mol. The van der Waals surface area contributed by atoms with Crippen LogP contribution in [0.3, 0.4) is 0 Å². The van der Waals surface area contributed by atoms with Gasteiger partial charge in [-0.2, -0.15) is 0 Å². The molecule has 0 aromatic heterocycles. The Hall–Kier alpha value is -0.790. The molecule has 0 spiro atoms. The summed E-state index contributed by atoms with van der Waals surface area (Å²) in [6.07, 6.45) is 44.8. The monoisotopic (exact) mass is 502 g/mol. The van der Waals surface area contributed by atoms with E-state index >= 15 is 0 Å². The van der Waals surface area contributed by atoms with Crippen molar-refractivity contribution in [1.82, 2.24) is 0 Å². The van der Waals surface area contributed by atoms with Gasteiger partial charge in [0.05, 0.1) is 6.42 Å². The van der Waals surface area contributed by atoms with E-state index in [-0.39, 0.29) is 0 Å². The molecule has 210 valence electrons. The maximum atomic E-state index is 4.34. The van der Waals surface area contributed by atoms with E-state index in [4.69, 9.17) is 0 Å². The first-order chi connectivity index (χ1) is 17.9. The Kier molecular flexibility index (Phi) is 25.2. The molecule has 0 fully saturated rings. The zero-order valence-corrected chi connectivity index (χ0v) is 24.9. The molecule has 1 heterocycles. The first-order valence-electron chi connectivity index (χ1n) is 16.8. The SMILES string of the molecule is CCCCCCCCCCCCCCCCCC(CCCCCCCCC)CCCC[C+]1N=CC=N1. The van der Waals surface area contributed by atoms with E-state index in [1.54, 1.807) is 0 Å². The molecule has 1 unspecified atom stereocenters. The van der Waals surface area contributed by atoms with E-state index in [0.29, 0.717) is 0 Å². The van der Waals surface area contributed by atoms with Crippen molar-refractivity contribution in [2.24, 2.45) is 15.9 Å². The van der Waals surface area contributed by atoms with Crippen LogP contribution in [-0.2, 0) is 0 Å². The number of hydrogen-bond acceptors (Lipinski definition) is 2. The van der Waals surface area contributed by atoms with Crippen molar-refractivity contribution in [3.8, 4) is 0 Å². The molecular formula is C34H65N2+. The van der Waals surface area contributed by atoms with Crippen LogP contribution in [0.5, 0.6) is 0 Å². The standard InChI is InChI=1S/C34H65N2/c1-3-5-7-9-11-12-13-14-15-16-17-18-20-22-24-28-33(27-23-21-19-10-8-6-4-2)29-25-26-30-34-35-31-32-36-34/h31-33H,3-30H2,1-2H3/q+1. The van der Waals surface area contributed by atoms with E-state index in [1.165, 1.54) is 173 Å². The second-order valence-corrected chi connectivity index (χ2v) is 11.7. The van der Waals surface area contributed by atoms with Crippen LogP contribution in [0.25, 0.3) is 0 Å². The summed E-state index contributed by atoms with van der Waals surface area (Å²) < 4.78 is 0. The molecule has 1 aliphatic heterocycles. The van der Waals surface area contributed by atoms with Crippen LogP contribution in [0.1, 0.15) is 194 Å². The fourth-order valence-electron chi connectivity index (χ4n) is 5.74. The Morgan fingerprint density at radius 1 is 0.417 bits per heavy atom. The number of hydrogen-bond donors (Lipinski definition) is 0. The van der Waals surface area contributed by atoms with Crippen LogP contribution in [0.2, 0.25) is 0 Å². The van der Waals surface area contributed by atoms with E-state index in [0.717, 1.165) is 18.5 Å². The van der Waals surface area contributed by atoms with Gasteiger partial charge in [-0.15, -0.1) is 0 Å². The normalized spacial score (nSPS) is 13.8. The molecule has 0 saturated heterocycles. The summed E-state index contributed by atoms with van der Waals surface area (Å²) >= 11 is 0. The van der Waals surface area contributed by atoms with Crippen molar-refractivity contribution in [3.05, 3.63) is 6.17 Å². The van der Waals surface area contributed by atoms with Gasteiger partial charge in [-0.1, -0.05) is 191 Å². The molecule has 0 amide bonds. The van der Waals surface area contributed by atoms with Gasteiger partial charge in [0, 0.05) is 0 Å². The summed E-state index contributed by atoms with van der Waals surface area (Å²) in [5.74, 6) is 0.961. The third-order valence-corrected chi connectivity index (χ3v) is 8.21. The summed E-state index contributed by atoms with van der Waals surface area (Å²) in [5, 5.41) is 0. The molecule has 1 atom stereocenters. The quantitative estimate of drug-likeness (QED) is 0.0719. The minimum absolute atomic E-state index is 0.961. The number of aliphatic imine (C=N–C) groups is 2. The van der Waals surface area contributed by atoms with Gasteiger partial charge in [0.25, 0.3) is 0 Å². The fraction of sp³-hybridized carbons (Fsp3) is 0.912. The second kappa shape index (κ2) is 27.3. The van der Waals surface area contributed by atoms with Gasteiger partial charge >= 0.3 is 0 Å². The van der Waals surface area contributed by atoms with Crippen molar-refractivity contribution in [1.29, 1.82) is 0 Å². The van der Waals surface area contributed by atoms with Gasteiger partial charge in [0.2, 0.25) is 6.17 Å². The van der Waals surface area contributed by atoms with Crippen LogP contribution in [-0.4, -0.2) is 12.4 Å². The van der Waals surface area contributed by atoms with Gasteiger partial charge in [-0.25, -0.2) is 0 Å². The lowest BCUT2D eigenvalue weighted by atomic mass is 9.89. The van der Waals surface area contributed by atoms with Gasteiger partial charge in [0.1, 0.15) is 0 Å². The van der Waals surface area contributed by atoms with E-state index in [2.05, 4.69) is 23.8 Å². The Labute approximate surface area is 228 Å². The van der Waals surface area contributed by atoms with Crippen molar-refractivity contribution < 1.29 is 0 Å². The number of rotatable bonds is 29. The zero-order valence-electron chi connectivity index (χ0n) is 24.9. The average molecular weight is 502 g/mol.